The molecule has 0 radical (unpaired) electrons. The van der Waals surface area contributed by atoms with Gasteiger partial charge in [-0.2, -0.15) is 0 Å². The molecule has 2 aromatic carbocycles. The minimum Gasteiger partial charge on any atom is -0.463 e. The zero-order valence-electron chi connectivity index (χ0n) is 16.7. The van der Waals surface area contributed by atoms with Crippen LogP contribution in [0.3, 0.4) is 0 Å². The van der Waals surface area contributed by atoms with Gasteiger partial charge in [0.2, 0.25) is 5.76 Å². The lowest BCUT2D eigenvalue weighted by Crippen LogP contribution is -1.99. The first-order chi connectivity index (χ1) is 14.0. The predicted molar refractivity (Wildman–Crippen MR) is 114 cm³/mol. The van der Waals surface area contributed by atoms with Crippen LogP contribution < -0.4 is 0 Å². The third-order valence-electron chi connectivity index (χ3n) is 4.90. The molecule has 2 heterocycles. The van der Waals surface area contributed by atoms with E-state index in [1.807, 2.05) is 18.3 Å². The Bertz CT molecular complexity index is 1210. The molecule has 0 bridgehead atoms. The highest BCUT2D eigenvalue weighted by molar-refractivity contribution is 6.00. The number of furan rings is 1. The third kappa shape index (κ3) is 3.85. The highest BCUT2D eigenvalue weighted by Crippen LogP contribution is 2.24. The van der Waals surface area contributed by atoms with Crippen molar-refractivity contribution in [1.29, 1.82) is 0 Å². The quantitative estimate of drug-likeness (QED) is 0.339. The van der Waals surface area contributed by atoms with Gasteiger partial charge in [-0.1, -0.05) is 30.3 Å². The fraction of sp³-hybridized carbons (Fsp3) is 0.167. The Hall–Kier alpha value is -3.60. The van der Waals surface area contributed by atoms with Gasteiger partial charge in [-0.25, -0.2) is 4.79 Å². The molecule has 0 aliphatic heterocycles. The molecular weight excluding hydrogens is 364 g/mol. The largest absolute Gasteiger partial charge is 0.463 e. The van der Waals surface area contributed by atoms with Gasteiger partial charge in [0.1, 0.15) is 5.76 Å². The number of hydrogen-bond donors (Lipinski definition) is 0. The number of para-hydroxylation sites is 1. The van der Waals surface area contributed by atoms with Gasteiger partial charge in [-0.05, 0) is 49.2 Å². The summed E-state index contributed by atoms with van der Waals surface area (Å²) in [5, 5.41) is 1.11. The van der Waals surface area contributed by atoms with E-state index in [9.17, 15) is 4.79 Å². The smallest absolute Gasteiger partial charge is 0.373 e. The second kappa shape index (κ2) is 7.80. The number of esters is 1. The summed E-state index contributed by atoms with van der Waals surface area (Å²) in [4.78, 5) is 16.3. The van der Waals surface area contributed by atoms with Crippen LogP contribution in [0.25, 0.3) is 10.9 Å². The summed E-state index contributed by atoms with van der Waals surface area (Å²) in [6, 6.07) is 17.9. The monoisotopic (exact) mass is 386 g/mol. The maximum Gasteiger partial charge on any atom is 0.373 e. The SMILES string of the molecule is COC(=O)c1ccc(Cn2cc(C=Nc3cc(C)ccc3C)c3ccccc32)o1. The molecule has 29 heavy (non-hydrogen) atoms. The van der Waals surface area contributed by atoms with Gasteiger partial charge in [0, 0.05) is 28.9 Å². The van der Waals surface area contributed by atoms with E-state index in [4.69, 9.17) is 14.1 Å². The van der Waals surface area contributed by atoms with Crippen molar-refractivity contribution in [3.05, 3.63) is 89.0 Å². The predicted octanol–water partition coefficient (Wildman–Crippen LogP) is 5.44. The van der Waals surface area contributed by atoms with Gasteiger partial charge < -0.3 is 13.7 Å². The van der Waals surface area contributed by atoms with Crippen LogP contribution in [0.1, 0.15) is 33.0 Å². The van der Waals surface area contributed by atoms with Crippen molar-refractivity contribution in [2.75, 3.05) is 7.11 Å². The lowest BCUT2D eigenvalue weighted by Gasteiger charge is -2.02. The van der Waals surface area contributed by atoms with Crippen molar-refractivity contribution >= 4 is 28.8 Å². The molecule has 0 N–H and O–H groups in total. The molecule has 0 atom stereocenters. The highest BCUT2D eigenvalue weighted by Gasteiger charge is 2.13. The van der Waals surface area contributed by atoms with Crippen LogP contribution in [0.5, 0.6) is 0 Å². The molecule has 2 aromatic heterocycles. The van der Waals surface area contributed by atoms with Crippen LogP contribution >= 0.6 is 0 Å². The topological polar surface area (TPSA) is 56.7 Å². The van der Waals surface area contributed by atoms with Gasteiger partial charge in [0.25, 0.3) is 0 Å². The summed E-state index contributed by atoms with van der Waals surface area (Å²) >= 11 is 0. The van der Waals surface area contributed by atoms with E-state index >= 15 is 0 Å². The standard InChI is InChI=1S/C24H22N2O3/c1-16-8-9-17(2)21(12-16)25-13-18-14-26(22-7-5-4-6-20(18)22)15-19-10-11-23(29-19)24(27)28-3/h4-14H,15H2,1-3H3. The summed E-state index contributed by atoms with van der Waals surface area (Å²) < 4.78 is 12.4. The molecule has 0 spiro atoms. The van der Waals surface area contributed by atoms with Crippen LogP contribution in [-0.2, 0) is 11.3 Å². The highest BCUT2D eigenvalue weighted by atomic mass is 16.5. The number of aryl methyl sites for hydroxylation is 2. The molecule has 4 rings (SSSR count). The van der Waals surface area contributed by atoms with Crippen LogP contribution in [0, 0.1) is 13.8 Å². The van der Waals surface area contributed by atoms with Crippen molar-refractivity contribution in [3.8, 4) is 0 Å². The molecule has 5 heteroatoms. The van der Waals surface area contributed by atoms with Crippen molar-refractivity contribution in [2.45, 2.75) is 20.4 Å². The minimum atomic E-state index is -0.477. The second-order valence-corrected chi connectivity index (χ2v) is 7.04. The van der Waals surface area contributed by atoms with Crippen molar-refractivity contribution in [2.24, 2.45) is 4.99 Å². The number of rotatable bonds is 5. The lowest BCUT2D eigenvalue weighted by molar-refractivity contribution is 0.0563. The number of carbonyl (C=O) groups excluding carboxylic acids is 1. The fourth-order valence-corrected chi connectivity index (χ4v) is 3.35. The van der Waals surface area contributed by atoms with Crippen LogP contribution in [-0.4, -0.2) is 23.9 Å². The first-order valence-corrected chi connectivity index (χ1v) is 9.41. The Balaban J connectivity index is 1.68. The summed E-state index contributed by atoms with van der Waals surface area (Å²) in [5.41, 5.74) is 5.40. The molecule has 0 fully saturated rings. The first kappa shape index (κ1) is 18.7. The van der Waals surface area contributed by atoms with Crippen molar-refractivity contribution in [1.82, 2.24) is 4.57 Å². The van der Waals surface area contributed by atoms with E-state index in [2.05, 4.69) is 54.9 Å². The maximum absolute atomic E-state index is 11.6. The molecule has 0 saturated heterocycles. The van der Waals surface area contributed by atoms with E-state index in [1.165, 1.54) is 12.7 Å². The van der Waals surface area contributed by atoms with E-state index < -0.39 is 5.97 Å². The molecule has 0 unspecified atom stereocenters. The third-order valence-corrected chi connectivity index (χ3v) is 4.90. The number of fused-ring (bicyclic) bond motifs is 1. The Kier molecular flexibility index (Phi) is 5.04. The maximum atomic E-state index is 11.6. The second-order valence-electron chi connectivity index (χ2n) is 7.04. The molecule has 4 aromatic rings. The van der Waals surface area contributed by atoms with Gasteiger partial charge in [-0.3, -0.25) is 4.99 Å². The van der Waals surface area contributed by atoms with Gasteiger partial charge in [0.15, 0.2) is 0 Å². The molecule has 0 aliphatic rings. The number of aliphatic imine (C=N–C) groups is 1. The molecule has 146 valence electrons. The molecule has 0 saturated carbocycles. The lowest BCUT2D eigenvalue weighted by atomic mass is 10.1. The average molecular weight is 386 g/mol. The summed E-state index contributed by atoms with van der Waals surface area (Å²) in [6.07, 6.45) is 3.96. The zero-order chi connectivity index (χ0) is 20.4. The van der Waals surface area contributed by atoms with Gasteiger partial charge >= 0.3 is 5.97 Å². The summed E-state index contributed by atoms with van der Waals surface area (Å²) in [5.74, 6) is 0.412. The normalized spacial score (nSPS) is 11.4. The number of carbonyl (C=O) groups is 1. The van der Waals surface area contributed by atoms with Crippen LogP contribution in [0.15, 0.2) is 70.2 Å². The zero-order valence-corrected chi connectivity index (χ0v) is 16.7. The number of aromatic nitrogens is 1. The molecule has 0 amide bonds. The number of benzene rings is 2. The van der Waals surface area contributed by atoms with Gasteiger partial charge in [-0.15, -0.1) is 0 Å². The molecule has 0 aliphatic carbocycles. The van der Waals surface area contributed by atoms with Crippen molar-refractivity contribution in [3.63, 3.8) is 0 Å². The van der Waals surface area contributed by atoms with Gasteiger partial charge in [0.05, 0.1) is 19.3 Å². The molecular formula is C24H22N2O3. The Morgan fingerprint density at radius 1 is 1.14 bits per heavy atom. The number of methoxy groups -OCH3 is 1. The number of hydrogen-bond acceptors (Lipinski definition) is 4. The van der Waals surface area contributed by atoms with E-state index in [1.54, 1.807) is 12.1 Å². The summed E-state index contributed by atoms with van der Waals surface area (Å²) in [6.45, 7) is 4.64. The average Bonchev–Trinajstić information content (AvgIpc) is 3.34. The molecule has 5 nitrogen and oxygen atoms in total. The Labute approximate surface area is 169 Å². The first-order valence-electron chi connectivity index (χ1n) is 9.41. The van der Waals surface area contributed by atoms with E-state index in [0.29, 0.717) is 12.3 Å². The van der Waals surface area contributed by atoms with E-state index in [-0.39, 0.29) is 5.76 Å². The van der Waals surface area contributed by atoms with Crippen LogP contribution in [0.4, 0.5) is 5.69 Å². The minimum absolute atomic E-state index is 0.204. The van der Waals surface area contributed by atoms with Crippen LogP contribution in [0.2, 0.25) is 0 Å². The van der Waals surface area contributed by atoms with E-state index in [0.717, 1.165) is 27.7 Å². The Morgan fingerprint density at radius 3 is 2.79 bits per heavy atom. The number of nitrogens with zero attached hydrogens (tertiary/aromatic N) is 2. The van der Waals surface area contributed by atoms with Crippen molar-refractivity contribution < 1.29 is 13.9 Å². The summed E-state index contributed by atoms with van der Waals surface area (Å²) in [7, 11) is 1.34. The number of ether oxygens (including phenoxy) is 1. The Morgan fingerprint density at radius 2 is 1.97 bits per heavy atom. The fourth-order valence-electron chi connectivity index (χ4n) is 3.35.